The van der Waals surface area contributed by atoms with Crippen LogP contribution in [0, 0.1) is 5.82 Å². The van der Waals surface area contributed by atoms with Gasteiger partial charge in [0.2, 0.25) is 0 Å². The maximum atomic E-state index is 12.9. The highest BCUT2D eigenvalue weighted by Crippen LogP contribution is 2.22. The van der Waals surface area contributed by atoms with Crippen LogP contribution in [-0.4, -0.2) is 5.78 Å². The highest BCUT2D eigenvalue weighted by atomic mass is 19.1. The number of para-hydroxylation sites is 1. The molecule has 3 aromatic carbocycles. The van der Waals surface area contributed by atoms with Crippen LogP contribution in [0.5, 0.6) is 11.5 Å². The predicted molar refractivity (Wildman–Crippen MR) is 92.7 cm³/mol. The molecule has 0 saturated heterocycles. The molecule has 3 aromatic rings. The fourth-order valence-corrected chi connectivity index (χ4v) is 2.19. The first-order valence-corrected chi connectivity index (χ1v) is 7.52. The topological polar surface area (TPSA) is 26.3 Å². The van der Waals surface area contributed by atoms with E-state index in [1.807, 2.05) is 54.6 Å². The molecule has 118 valence electrons. The molecule has 0 atom stereocenters. The second-order valence-electron chi connectivity index (χ2n) is 5.19. The van der Waals surface area contributed by atoms with Crippen LogP contribution in [0.1, 0.15) is 15.9 Å². The summed E-state index contributed by atoms with van der Waals surface area (Å²) in [5.74, 6) is 0.907. The minimum atomic E-state index is -0.360. The number of carbonyl (C=O) groups excluding carboxylic acids is 1. The van der Waals surface area contributed by atoms with Gasteiger partial charge in [0.1, 0.15) is 17.3 Å². The van der Waals surface area contributed by atoms with Crippen LogP contribution in [-0.2, 0) is 0 Å². The van der Waals surface area contributed by atoms with Crippen molar-refractivity contribution in [2.75, 3.05) is 0 Å². The summed E-state index contributed by atoms with van der Waals surface area (Å²) in [6.07, 6.45) is 3.18. The van der Waals surface area contributed by atoms with Gasteiger partial charge in [-0.3, -0.25) is 4.79 Å². The number of halogens is 1. The predicted octanol–water partition coefficient (Wildman–Crippen LogP) is 5.51. The minimum absolute atomic E-state index is 0.176. The monoisotopic (exact) mass is 318 g/mol. The number of benzene rings is 3. The van der Waals surface area contributed by atoms with Crippen LogP contribution in [0.15, 0.2) is 84.9 Å². The molecule has 24 heavy (non-hydrogen) atoms. The fraction of sp³-hybridized carbons (Fsp3) is 0. The molecule has 3 heteroatoms. The van der Waals surface area contributed by atoms with Crippen molar-refractivity contribution < 1.29 is 13.9 Å². The molecule has 0 aliphatic rings. The van der Waals surface area contributed by atoms with E-state index in [1.54, 1.807) is 6.08 Å². The summed E-state index contributed by atoms with van der Waals surface area (Å²) in [7, 11) is 0. The molecular formula is C21H15FO2. The molecule has 0 aromatic heterocycles. The molecule has 0 fully saturated rings. The molecule has 0 spiro atoms. The van der Waals surface area contributed by atoms with Gasteiger partial charge in [-0.1, -0.05) is 36.4 Å². The highest BCUT2D eigenvalue weighted by molar-refractivity contribution is 6.06. The van der Waals surface area contributed by atoms with E-state index in [4.69, 9.17) is 4.74 Å². The smallest absolute Gasteiger partial charge is 0.185 e. The van der Waals surface area contributed by atoms with E-state index in [2.05, 4.69) is 0 Å². The largest absolute Gasteiger partial charge is 0.457 e. The van der Waals surface area contributed by atoms with Gasteiger partial charge in [-0.2, -0.15) is 0 Å². The number of hydrogen-bond donors (Lipinski definition) is 0. The molecule has 0 heterocycles. The Morgan fingerprint density at radius 3 is 2.29 bits per heavy atom. The van der Waals surface area contributed by atoms with Gasteiger partial charge in [0.05, 0.1) is 0 Å². The number of ketones is 1. The molecule has 0 aliphatic heterocycles. The summed E-state index contributed by atoms with van der Waals surface area (Å²) >= 11 is 0. The molecule has 0 N–H and O–H groups in total. The molecule has 0 unspecified atom stereocenters. The Morgan fingerprint density at radius 2 is 1.54 bits per heavy atom. The zero-order valence-corrected chi connectivity index (χ0v) is 12.9. The summed E-state index contributed by atoms with van der Waals surface area (Å²) < 4.78 is 18.6. The van der Waals surface area contributed by atoms with Crippen molar-refractivity contribution >= 4 is 11.9 Å². The van der Waals surface area contributed by atoms with Crippen molar-refractivity contribution in [1.29, 1.82) is 0 Å². The van der Waals surface area contributed by atoms with Crippen LogP contribution >= 0.6 is 0 Å². The lowest BCUT2D eigenvalue weighted by Crippen LogP contribution is -1.93. The van der Waals surface area contributed by atoms with Crippen molar-refractivity contribution in [3.05, 3.63) is 102 Å². The standard InChI is InChI=1S/C21H15FO2/c22-18-12-10-17(11-13-18)21(23)14-9-16-5-4-8-20(15-16)24-19-6-2-1-3-7-19/h1-15H/b14-9+. The van der Waals surface area contributed by atoms with Crippen LogP contribution in [0.4, 0.5) is 4.39 Å². The third-order valence-electron chi connectivity index (χ3n) is 3.39. The Hall–Kier alpha value is -3.20. The zero-order chi connectivity index (χ0) is 16.8. The summed E-state index contributed by atoms with van der Waals surface area (Å²) in [5.41, 5.74) is 1.29. The second kappa shape index (κ2) is 7.38. The van der Waals surface area contributed by atoms with Crippen LogP contribution < -0.4 is 4.74 Å². The Bertz CT molecular complexity index is 853. The first-order chi connectivity index (χ1) is 11.7. The Labute approximate surface area is 139 Å². The van der Waals surface area contributed by atoms with Crippen molar-refractivity contribution in [2.24, 2.45) is 0 Å². The van der Waals surface area contributed by atoms with Crippen molar-refractivity contribution in [1.82, 2.24) is 0 Å². The zero-order valence-electron chi connectivity index (χ0n) is 12.9. The van der Waals surface area contributed by atoms with E-state index in [0.29, 0.717) is 11.3 Å². The van der Waals surface area contributed by atoms with Gasteiger partial charge in [-0.25, -0.2) is 4.39 Å². The summed E-state index contributed by atoms with van der Waals surface area (Å²) in [5, 5.41) is 0. The summed E-state index contributed by atoms with van der Waals surface area (Å²) in [6.45, 7) is 0. The number of hydrogen-bond acceptors (Lipinski definition) is 2. The maximum absolute atomic E-state index is 12.9. The van der Waals surface area contributed by atoms with Gasteiger partial charge in [0.25, 0.3) is 0 Å². The Morgan fingerprint density at radius 1 is 0.833 bits per heavy atom. The Kier molecular flexibility index (Phi) is 4.82. The van der Waals surface area contributed by atoms with Gasteiger partial charge in [0, 0.05) is 5.56 Å². The quantitative estimate of drug-likeness (QED) is 0.458. The third-order valence-corrected chi connectivity index (χ3v) is 3.39. The van der Waals surface area contributed by atoms with E-state index < -0.39 is 0 Å². The average molecular weight is 318 g/mol. The van der Waals surface area contributed by atoms with Gasteiger partial charge in [0.15, 0.2) is 5.78 Å². The third kappa shape index (κ3) is 4.17. The van der Waals surface area contributed by atoms with E-state index in [9.17, 15) is 9.18 Å². The van der Waals surface area contributed by atoms with Crippen molar-refractivity contribution in [3.63, 3.8) is 0 Å². The summed E-state index contributed by atoms with van der Waals surface area (Å²) in [6, 6.07) is 22.4. The second-order valence-corrected chi connectivity index (χ2v) is 5.19. The lowest BCUT2D eigenvalue weighted by molar-refractivity contribution is 0.104. The van der Waals surface area contributed by atoms with Gasteiger partial charge in [-0.15, -0.1) is 0 Å². The first kappa shape index (κ1) is 15.7. The number of allylic oxidation sites excluding steroid dienone is 1. The lowest BCUT2D eigenvalue weighted by atomic mass is 10.1. The highest BCUT2D eigenvalue weighted by Gasteiger charge is 2.02. The number of rotatable bonds is 5. The van der Waals surface area contributed by atoms with Crippen molar-refractivity contribution in [2.45, 2.75) is 0 Å². The van der Waals surface area contributed by atoms with E-state index >= 15 is 0 Å². The number of carbonyl (C=O) groups is 1. The van der Waals surface area contributed by atoms with Gasteiger partial charge >= 0.3 is 0 Å². The van der Waals surface area contributed by atoms with Crippen LogP contribution in [0.25, 0.3) is 6.08 Å². The molecule has 0 aliphatic carbocycles. The number of ether oxygens (including phenoxy) is 1. The molecule has 2 nitrogen and oxygen atoms in total. The van der Waals surface area contributed by atoms with E-state index in [-0.39, 0.29) is 11.6 Å². The van der Waals surface area contributed by atoms with Crippen LogP contribution in [0.3, 0.4) is 0 Å². The van der Waals surface area contributed by atoms with Gasteiger partial charge in [-0.05, 0) is 60.2 Å². The SMILES string of the molecule is O=C(/C=C/c1cccc(Oc2ccccc2)c1)c1ccc(F)cc1. The molecular weight excluding hydrogens is 303 g/mol. The normalized spacial score (nSPS) is 10.7. The minimum Gasteiger partial charge on any atom is -0.457 e. The molecule has 0 saturated carbocycles. The fourth-order valence-electron chi connectivity index (χ4n) is 2.19. The van der Waals surface area contributed by atoms with Gasteiger partial charge < -0.3 is 4.74 Å². The summed E-state index contributed by atoms with van der Waals surface area (Å²) in [4.78, 5) is 12.1. The van der Waals surface area contributed by atoms with E-state index in [1.165, 1.54) is 30.3 Å². The molecule has 0 radical (unpaired) electrons. The Balaban J connectivity index is 1.72. The van der Waals surface area contributed by atoms with Crippen LogP contribution in [0.2, 0.25) is 0 Å². The van der Waals surface area contributed by atoms with E-state index in [0.717, 1.165) is 11.3 Å². The molecule has 0 amide bonds. The molecule has 0 bridgehead atoms. The van der Waals surface area contributed by atoms with Crippen molar-refractivity contribution in [3.8, 4) is 11.5 Å². The average Bonchev–Trinajstić information content (AvgIpc) is 2.61. The first-order valence-electron chi connectivity index (χ1n) is 7.52. The lowest BCUT2D eigenvalue weighted by Gasteiger charge is -2.05. The molecule has 3 rings (SSSR count). The maximum Gasteiger partial charge on any atom is 0.185 e.